The van der Waals surface area contributed by atoms with Crippen molar-refractivity contribution in [3.63, 3.8) is 0 Å². The van der Waals surface area contributed by atoms with Crippen LogP contribution in [0.5, 0.6) is 0 Å². The Labute approximate surface area is 93.4 Å². The van der Waals surface area contributed by atoms with E-state index in [2.05, 4.69) is 48.0 Å². The number of halogens is 1. The van der Waals surface area contributed by atoms with E-state index in [1.54, 1.807) is 11.3 Å². The molecular weight excluding hydrogens is 238 g/mol. The lowest BCUT2D eigenvalue weighted by Gasteiger charge is -2.16. The zero-order valence-corrected chi connectivity index (χ0v) is 10.3. The topological polar surface area (TPSA) is 0 Å². The van der Waals surface area contributed by atoms with Crippen molar-refractivity contribution >= 4 is 21.6 Å². The average Bonchev–Trinajstić information content (AvgIpc) is 2.79. The summed E-state index contributed by atoms with van der Waals surface area (Å²) in [4.78, 5) is 0. The number of rotatable bonds is 0. The summed E-state index contributed by atoms with van der Waals surface area (Å²) in [5.74, 6) is 0. The highest BCUT2D eigenvalue weighted by Gasteiger charge is 2.56. The summed E-state index contributed by atoms with van der Waals surface area (Å²) in [6.07, 6.45) is 0. The molecule has 0 atom stereocenters. The van der Waals surface area contributed by atoms with Crippen LogP contribution in [-0.2, 0) is 5.41 Å². The number of hydrogen-bond acceptors (Lipinski definition) is 0. The van der Waals surface area contributed by atoms with E-state index in [0.717, 1.165) is 0 Å². The molecule has 3 rings (SSSR count). The third-order valence-electron chi connectivity index (χ3n) is 3.66. The minimum absolute atomic E-state index is 0.368. The second-order valence-corrected chi connectivity index (χ2v) is 6.21. The van der Waals surface area contributed by atoms with Crippen LogP contribution in [0.25, 0.3) is 0 Å². The highest BCUT2D eigenvalue weighted by atomic mass is 79.9. The van der Waals surface area contributed by atoms with Crippen molar-refractivity contribution in [3.8, 4) is 0 Å². The smallest absolute Gasteiger partial charge is 0.138 e. The van der Waals surface area contributed by atoms with Crippen LogP contribution in [0.1, 0.15) is 19.4 Å². The lowest BCUT2D eigenvalue weighted by Crippen LogP contribution is -2.30. The Morgan fingerprint density at radius 2 is 2.00 bits per heavy atom. The molecule has 2 aliphatic heterocycles. The van der Waals surface area contributed by atoms with Gasteiger partial charge in [-0.3, -0.25) is 4.48 Å². The molecule has 0 saturated carbocycles. The van der Waals surface area contributed by atoms with Crippen LogP contribution in [0.3, 0.4) is 0 Å². The standard InChI is InChI=1S/C12H15BrN/c1-12(2)8-14(5-6-14)11-7-9(13)3-4-10(11)12/h3-4,7H,5-6,8H2,1-2H3/q+1. The van der Waals surface area contributed by atoms with E-state index in [1.165, 1.54) is 28.6 Å². The summed E-state index contributed by atoms with van der Waals surface area (Å²) >= 11 is 3.57. The maximum absolute atomic E-state index is 3.57. The van der Waals surface area contributed by atoms with Gasteiger partial charge >= 0.3 is 0 Å². The van der Waals surface area contributed by atoms with Crippen LogP contribution >= 0.6 is 15.9 Å². The Balaban J connectivity index is 2.24. The Morgan fingerprint density at radius 1 is 1.29 bits per heavy atom. The van der Waals surface area contributed by atoms with E-state index in [1.807, 2.05) is 0 Å². The molecule has 2 heteroatoms. The van der Waals surface area contributed by atoms with Gasteiger partial charge in [0.15, 0.2) is 0 Å². The molecule has 1 nitrogen and oxygen atoms in total. The number of hydrogen-bond donors (Lipinski definition) is 0. The van der Waals surface area contributed by atoms with E-state index in [-0.39, 0.29) is 0 Å². The summed E-state index contributed by atoms with van der Waals surface area (Å²) in [6, 6.07) is 6.79. The predicted octanol–water partition coefficient (Wildman–Crippen LogP) is 3.06. The first kappa shape index (κ1) is 8.93. The minimum atomic E-state index is 0.368. The monoisotopic (exact) mass is 252 g/mol. The first-order chi connectivity index (χ1) is 6.54. The maximum Gasteiger partial charge on any atom is 0.138 e. The molecule has 1 aromatic carbocycles. The molecule has 1 fully saturated rings. The molecule has 0 bridgehead atoms. The molecule has 0 N–H and O–H groups in total. The van der Waals surface area contributed by atoms with Crippen molar-refractivity contribution in [1.29, 1.82) is 0 Å². The van der Waals surface area contributed by atoms with Crippen molar-refractivity contribution in [2.75, 3.05) is 19.6 Å². The van der Waals surface area contributed by atoms with Crippen LogP contribution in [0.15, 0.2) is 22.7 Å². The van der Waals surface area contributed by atoms with E-state index in [4.69, 9.17) is 0 Å². The van der Waals surface area contributed by atoms with Gasteiger partial charge in [0.1, 0.15) is 18.8 Å². The second kappa shape index (κ2) is 2.42. The predicted molar refractivity (Wildman–Crippen MR) is 63.6 cm³/mol. The molecule has 1 saturated heterocycles. The molecule has 0 amide bonds. The Bertz CT molecular complexity index is 405. The Hall–Kier alpha value is -0.340. The Kier molecular flexibility index (Phi) is 1.54. The van der Waals surface area contributed by atoms with Crippen LogP contribution in [0, 0.1) is 0 Å². The summed E-state index contributed by atoms with van der Waals surface area (Å²) in [7, 11) is 0. The highest BCUT2D eigenvalue weighted by molar-refractivity contribution is 9.10. The molecule has 0 aliphatic carbocycles. The van der Waals surface area contributed by atoms with Gasteiger partial charge in [-0.15, -0.1) is 0 Å². The molecule has 1 aromatic rings. The fourth-order valence-electron chi connectivity index (χ4n) is 2.92. The average molecular weight is 253 g/mol. The normalized spacial score (nSPS) is 25.1. The molecule has 0 aromatic heterocycles. The lowest BCUT2D eigenvalue weighted by molar-refractivity contribution is 0.445. The lowest BCUT2D eigenvalue weighted by atomic mass is 9.87. The van der Waals surface area contributed by atoms with Crippen molar-refractivity contribution in [2.24, 2.45) is 0 Å². The first-order valence-corrected chi connectivity index (χ1v) is 6.00. The molecule has 0 unspecified atom stereocenters. The van der Waals surface area contributed by atoms with Gasteiger partial charge in [-0.1, -0.05) is 35.8 Å². The van der Waals surface area contributed by atoms with E-state index < -0.39 is 0 Å². The van der Waals surface area contributed by atoms with Gasteiger partial charge < -0.3 is 0 Å². The van der Waals surface area contributed by atoms with Gasteiger partial charge in [0.2, 0.25) is 0 Å². The molecular formula is C12H15BrN+. The molecule has 1 spiro atoms. The van der Waals surface area contributed by atoms with Crippen LogP contribution in [-0.4, -0.2) is 19.6 Å². The van der Waals surface area contributed by atoms with Gasteiger partial charge in [0, 0.05) is 21.5 Å². The fraction of sp³-hybridized carbons (Fsp3) is 0.500. The van der Waals surface area contributed by atoms with Gasteiger partial charge in [-0.25, -0.2) is 0 Å². The zero-order valence-electron chi connectivity index (χ0n) is 8.68. The third-order valence-corrected chi connectivity index (χ3v) is 4.15. The summed E-state index contributed by atoms with van der Waals surface area (Å²) in [5.41, 5.74) is 3.48. The van der Waals surface area contributed by atoms with Gasteiger partial charge in [0.25, 0.3) is 0 Å². The van der Waals surface area contributed by atoms with Crippen molar-refractivity contribution in [1.82, 2.24) is 4.48 Å². The minimum Gasteiger partial charge on any atom is -0.281 e. The van der Waals surface area contributed by atoms with E-state index in [0.29, 0.717) is 5.41 Å². The Morgan fingerprint density at radius 3 is 2.64 bits per heavy atom. The fourth-order valence-corrected chi connectivity index (χ4v) is 3.27. The molecule has 74 valence electrons. The molecule has 2 heterocycles. The van der Waals surface area contributed by atoms with Crippen molar-refractivity contribution in [3.05, 3.63) is 28.2 Å². The SMILES string of the molecule is CC1(C)C[N+]2(CC2)c2cc(Br)ccc21. The van der Waals surface area contributed by atoms with Gasteiger partial charge in [-0.2, -0.15) is 0 Å². The molecule has 2 aliphatic rings. The maximum atomic E-state index is 3.57. The second-order valence-electron chi connectivity index (χ2n) is 5.30. The van der Waals surface area contributed by atoms with E-state index >= 15 is 0 Å². The summed E-state index contributed by atoms with van der Waals surface area (Å²) in [5, 5.41) is 0. The zero-order chi connectivity index (χ0) is 9.97. The quantitative estimate of drug-likeness (QED) is 0.492. The van der Waals surface area contributed by atoms with E-state index in [9.17, 15) is 0 Å². The highest BCUT2D eigenvalue weighted by Crippen LogP contribution is 2.50. The largest absolute Gasteiger partial charge is 0.281 e. The van der Waals surface area contributed by atoms with Crippen molar-refractivity contribution in [2.45, 2.75) is 19.3 Å². The number of quaternary nitrogens is 1. The summed E-state index contributed by atoms with van der Waals surface area (Å²) < 4.78 is 2.46. The first-order valence-electron chi connectivity index (χ1n) is 5.20. The third kappa shape index (κ3) is 1.04. The number of benzene rings is 1. The van der Waals surface area contributed by atoms with Crippen LogP contribution in [0.4, 0.5) is 5.69 Å². The van der Waals surface area contributed by atoms with Gasteiger partial charge in [0.05, 0.1) is 6.54 Å². The molecule has 0 radical (unpaired) electrons. The molecule has 14 heavy (non-hydrogen) atoms. The summed E-state index contributed by atoms with van der Waals surface area (Å²) in [6.45, 7) is 8.70. The van der Waals surface area contributed by atoms with Crippen LogP contribution < -0.4 is 4.48 Å². The van der Waals surface area contributed by atoms with Crippen molar-refractivity contribution < 1.29 is 0 Å². The number of nitrogens with zero attached hydrogens (tertiary/aromatic N) is 1. The van der Waals surface area contributed by atoms with Crippen LogP contribution in [0.2, 0.25) is 0 Å². The number of fused-ring (bicyclic) bond motifs is 2. The van der Waals surface area contributed by atoms with Gasteiger partial charge in [-0.05, 0) is 6.07 Å².